The zero-order chi connectivity index (χ0) is 23.7. The van der Waals surface area contributed by atoms with Crippen LogP contribution < -0.4 is 21.7 Å². The van der Waals surface area contributed by atoms with Crippen LogP contribution in [0.3, 0.4) is 0 Å². The van der Waals surface area contributed by atoms with Crippen LogP contribution in [0.4, 0.5) is 0 Å². The number of unbranched alkanes of at least 4 members (excludes halogenated alkanes) is 14. The Bertz CT molecular complexity index is 432. The van der Waals surface area contributed by atoms with Gasteiger partial charge in [-0.1, -0.05) is 90.0 Å². The number of carbonyl (C=O) groups is 1. The Morgan fingerprint density at radius 1 is 0.781 bits per heavy atom. The van der Waals surface area contributed by atoms with E-state index in [0.29, 0.717) is 18.3 Å². The van der Waals surface area contributed by atoms with Crippen molar-refractivity contribution in [2.75, 3.05) is 19.8 Å². The van der Waals surface area contributed by atoms with Gasteiger partial charge in [-0.15, -0.1) is 0 Å². The molecule has 0 saturated heterocycles. The molecule has 190 valence electrons. The Kier molecular flexibility index (Phi) is 23.4. The van der Waals surface area contributed by atoms with E-state index in [-0.39, 0.29) is 0 Å². The number of hydrogen-bond acceptors (Lipinski definition) is 5. The second-order valence-electron chi connectivity index (χ2n) is 9.32. The largest absolute Gasteiger partial charge is 0.481 e. The highest BCUT2D eigenvalue weighted by atomic mass is 16.4. The predicted molar refractivity (Wildman–Crippen MR) is 138 cm³/mol. The summed E-state index contributed by atoms with van der Waals surface area (Å²) in [4.78, 5) is 10.4. The molecule has 6 N–H and O–H groups in total. The minimum atomic E-state index is -0.660. The molecule has 0 spiro atoms. The second-order valence-corrected chi connectivity index (χ2v) is 9.32. The average molecular weight is 455 g/mol. The van der Waals surface area contributed by atoms with Crippen LogP contribution in [0.25, 0.3) is 0 Å². The third-order valence-corrected chi connectivity index (χ3v) is 5.99. The van der Waals surface area contributed by atoms with Crippen LogP contribution >= 0.6 is 0 Å². The molecule has 0 aromatic heterocycles. The van der Waals surface area contributed by atoms with Crippen molar-refractivity contribution in [3.05, 3.63) is 12.4 Å². The molecule has 6 nitrogen and oxygen atoms in total. The van der Waals surface area contributed by atoms with Gasteiger partial charge in [-0.2, -0.15) is 0 Å². The van der Waals surface area contributed by atoms with Gasteiger partial charge in [0.1, 0.15) is 0 Å². The molecule has 0 radical (unpaired) electrons. The minimum Gasteiger partial charge on any atom is -0.481 e. The van der Waals surface area contributed by atoms with E-state index in [1.165, 1.54) is 83.5 Å². The van der Waals surface area contributed by atoms with E-state index < -0.39 is 5.97 Å². The Hall–Kier alpha value is -1.27. The highest BCUT2D eigenvalue weighted by molar-refractivity contribution is 5.66. The molecule has 0 aliphatic rings. The summed E-state index contributed by atoms with van der Waals surface area (Å²) in [6.45, 7) is 8.76. The Balaban J connectivity index is 3.12. The van der Waals surface area contributed by atoms with Crippen molar-refractivity contribution >= 4 is 5.97 Å². The van der Waals surface area contributed by atoms with Crippen molar-refractivity contribution in [2.45, 2.75) is 129 Å². The molecule has 6 heteroatoms. The van der Waals surface area contributed by atoms with Crippen LogP contribution in [0, 0.1) is 0 Å². The van der Waals surface area contributed by atoms with E-state index in [0.717, 1.165) is 45.4 Å². The van der Waals surface area contributed by atoms with Crippen molar-refractivity contribution in [2.24, 2.45) is 5.73 Å². The van der Waals surface area contributed by atoms with Crippen molar-refractivity contribution in [3.63, 3.8) is 0 Å². The highest BCUT2D eigenvalue weighted by Gasteiger charge is 2.00. The summed E-state index contributed by atoms with van der Waals surface area (Å²) in [6, 6.07) is 0.519. The molecule has 0 amide bonds. The maximum atomic E-state index is 10.4. The average Bonchev–Trinajstić information content (AvgIpc) is 2.75. The fraction of sp³-hybridized carbons (Fsp3) is 0.885. The summed E-state index contributed by atoms with van der Waals surface area (Å²) in [7, 11) is 0. The number of hydrogen-bond donors (Lipinski definition) is 5. The number of rotatable bonds is 26. The molecule has 0 rings (SSSR count). The third-order valence-electron chi connectivity index (χ3n) is 5.99. The summed E-state index contributed by atoms with van der Waals surface area (Å²) in [6.07, 6.45) is 21.9. The molecule has 0 bridgehead atoms. The van der Waals surface area contributed by atoms with Gasteiger partial charge in [-0.05, 0) is 39.2 Å². The number of carboxylic acids is 1. The molecular weight excluding hydrogens is 400 g/mol. The van der Waals surface area contributed by atoms with Crippen LogP contribution in [-0.2, 0) is 4.79 Å². The summed E-state index contributed by atoms with van der Waals surface area (Å²) < 4.78 is 0. The quantitative estimate of drug-likeness (QED) is 0.0857. The number of nitrogens with two attached hydrogens (primary N) is 1. The molecule has 1 atom stereocenters. The van der Waals surface area contributed by atoms with Crippen LogP contribution in [0.1, 0.15) is 122 Å². The molecule has 0 fully saturated rings. The number of carboxylic acid groups (broad SMARTS) is 1. The maximum Gasteiger partial charge on any atom is 0.303 e. The van der Waals surface area contributed by atoms with Gasteiger partial charge in [0.05, 0.1) is 5.82 Å². The lowest BCUT2D eigenvalue weighted by atomic mass is 10.0. The monoisotopic (exact) mass is 454 g/mol. The van der Waals surface area contributed by atoms with E-state index in [4.69, 9.17) is 10.8 Å². The van der Waals surface area contributed by atoms with Gasteiger partial charge >= 0.3 is 5.97 Å². The first-order valence-electron chi connectivity index (χ1n) is 13.4. The topological polar surface area (TPSA) is 99.4 Å². The third kappa shape index (κ3) is 26.8. The standard InChI is InChI=1S/C26H54N4O2/c1-24(19-18-22-29-25(2)27)30-23-28-21-17-15-13-11-9-7-5-3-4-6-8-10-12-14-16-20-26(31)32/h24,28-30H,2-23,27H2,1H3,(H,31,32). The number of aliphatic carboxylic acids is 1. The van der Waals surface area contributed by atoms with Crippen molar-refractivity contribution in [1.29, 1.82) is 0 Å². The van der Waals surface area contributed by atoms with Crippen LogP contribution in [0.5, 0.6) is 0 Å². The zero-order valence-electron chi connectivity index (χ0n) is 21.1. The maximum absolute atomic E-state index is 10.4. The van der Waals surface area contributed by atoms with Crippen LogP contribution in [-0.4, -0.2) is 36.9 Å². The Labute approximate surface area is 198 Å². The SMILES string of the molecule is C=C(N)NCCCC(C)NCNCCCCCCCCCCCCCCCCCC(=O)O. The van der Waals surface area contributed by atoms with Gasteiger partial charge in [0.2, 0.25) is 0 Å². The number of nitrogens with one attached hydrogen (secondary N) is 3. The molecule has 0 heterocycles. The van der Waals surface area contributed by atoms with Crippen molar-refractivity contribution < 1.29 is 9.90 Å². The molecule has 0 aromatic rings. The Morgan fingerprint density at radius 3 is 1.72 bits per heavy atom. The lowest BCUT2D eigenvalue weighted by Crippen LogP contribution is -2.36. The van der Waals surface area contributed by atoms with Gasteiger partial charge in [0.25, 0.3) is 0 Å². The Morgan fingerprint density at radius 2 is 1.25 bits per heavy atom. The summed E-state index contributed by atoms with van der Waals surface area (Å²) in [5, 5.41) is 18.7. The first kappa shape index (κ1) is 30.7. The van der Waals surface area contributed by atoms with E-state index >= 15 is 0 Å². The second kappa shape index (κ2) is 24.4. The highest BCUT2D eigenvalue weighted by Crippen LogP contribution is 2.13. The van der Waals surface area contributed by atoms with Crippen molar-refractivity contribution in [3.8, 4) is 0 Å². The fourth-order valence-corrected chi connectivity index (χ4v) is 3.92. The summed E-state index contributed by atoms with van der Waals surface area (Å²) >= 11 is 0. The van der Waals surface area contributed by atoms with Gasteiger partial charge in [0.15, 0.2) is 0 Å². The first-order chi connectivity index (χ1) is 15.5. The zero-order valence-corrected chi connectivity index (χ0v) is 21.1. The van der Waals surface area contributed by atoms with E-state index in [2.05, 4.69) is 29.5 Å². The predicted octanol–water partition coefficient (Wildman–Crippen LogP) is 5.64. The minimum absolute atomic E-state index is 0.334. The van der Waals surface area contributed by atoms with Crippen LogP contribution in [0.2, 0.25) is 0 Å². The van der Waals surface area contributed by atoms with E-state index in [1.54, 1.807) is 0 Å². The summed E-state index contributed by atoms with van der Waals surface area (Å²) in [5.41, 5.74) is 5.49. The molecule has 0 aliphatic carbocycles. The lowest BCUT2D eigenvalue weighted by molar-refractivity contribution is -0.137. The molecule has 0 aliphatic heterocycles. The van der Waals surface area contributed by atoms with Gasteiger partial charge in [0, 0.05) is 25.7 Å². The summed E-state index contributed by atoms with van der Waals surface area (Å²) in [5.74, 6) is -0.106. The smallest absolute Gasteiger partial charge is 0.303 e. The lowest BCUT2D eigenvalue weighted by Gasteiger charge is -2.14. The molecule has 32 heavy (non-hydrogen) atoms. The molecule has 0 saturated carbocycles. The molecule has 0 aromatic carbocycles. The van der Waals surface area contributed by atoms with Gasteiger partial charge < -0.3 is 26.8 Å². The first-order valence-corrected chi connectivity index (χ1v) is 13.4. The van der Waals surface area contributed by atoms with E-state index in [1.807, 2.05) is 0 Å². The van der Waals surface area contributed by atoms with Crippen LogP contribution in [0.15, 0.2) is 12.4 Å². The molecular formula is C26H54N4O2. The fourth-order valence-electron chi connectivity index (χ4n) is 3.92. The van der Waals surface area contributed by atoms with Gasteiger partial charge in [-0.25, -0.2) is 0 Å². The van der Waals surface area contributed by atoms with Gasteiger partial charge in [-0.3, -0.25) is 4.79 Å². The van der Waals surface area contributed by atoms with Crippen molar-refractivity contribution in [1.82, 2.24) is 16.0 Å². The normalized spacial score (nSPS) is 12.0. The van der Waals surface area contributed by atoms with E-state index in [9.17, 15) is 4.79 Å². The molecule has 1 unspecified atom stereocenters.